The van der Waals surface area contributed by atoms with Gasteiger partial charge in [-0.2, -0.15) is 0 Å². The van der Waals surface area contributed by atoms with Crippen LogP contribution in [0.2, 0.25) is 0 Å². The number of alkyl halides is 1. The van der Waals surface area contributed by atoms with E-state index in [-0.39, 0.29) is 11.1 Å². The maximum atomic E-state index is 11.8. The second-order valence-electron chi connectivity index (χ2n) is 5.02. The molecular weight excluding hydrogens is 262 g/mol. The summed E-state index contributed by atoms with van der Waals surface area (Å²) in [6.07, 6.45) is 0.769. The molecule has 0 aliphatic carbocycles. The summed E-state index contributed by atoms with van der Waals surface area (Å²) in [5.41, 5.74) is 0. The molecule has 0 aliphatic heterocycles. The fourth-order valence-corrected chi connectivity index (χ4v) is 2.42. The lowest BCUT2D eigenvalue weighted by Gasteiger charge is -2.19. The van der Waals surface area contributed by atoms with Crippen molar-refractivity contribution in [2.45, 2.75) is 37.3 Å². The minimum Gasteiger partial charge on any atom is -0.383 e. The Bertz CT molecular complexity index is 298. The van der Waals surface area contributed by atoms with E-state index in [1.165, 1.54) is 0 Å². The van der Waals surface area contributed by atoms with Crippen LogP contribution in [0.4, 0.5) is 0 Å². The molecule has 0 radical (unpaired) electrons. The molecule has 0 bridgehead atoms. The van der Waals surface area contributed by atoms with Crippen molar-refractivity contribution in [2.24, 2.45) is 0 Å². The third-order valence-corrected chi connectivity index (χ3v) is 5.41. The monoisotopic (exact) mass is 285 g/mol. The van der Waals surface area contributed by atoms with Crippen LogP contribution in [0.5, 0.6) is 0 Å². The van der Waals surface area contributed by atoms with Crippen LogP contribution in [0.1, 0.15) is 27.2 Å². The SMILES string of the molecule is COCC(Cl)CCNCCS(=O)(=O)C(C)(C)C. The van der Waals surface area contributed by atoms with Gasteiger partial charge in [-0.1, -0.05) is 0 Å². The Balaban J connectivity index is 3.73. The third-order valence-electron chi connectivity index (χ3n) is 2.46. The van der Waals surface area contributed by atoms with E-state index in [1.54, 1.807) is 27.9 Å². The maximum Gasteiger partial charge on any atom is 0.156 e. The van der Waals surface area contributed by atoms with Crippen molar-refractivity contribution < 1.29 is 13.2 Å². The van der Waals surface area contributed by atoms with Crippen LogP contribution in [0, 0.1) is 0 Å². The van der Waals surface area contributed by atoms with Gasteiger partial charge in [-0.15, -0.1) is 11.6 Å². The average molecular weight is 286 g/mol. The first-order valence-electron chi connectivity index (χ1n) is 5.76. The van der Waals surface area contributed by atoms with E-state index in [0.29, 0.717) is 19.7 Å². The van der Waals surface area contributed by atoms with Crippen molar-refractivity contribution in [2.75, 3.05) is 32.6 Å². The van der Waals surface area contributed by atoms with E-state index < -0.39 is 14.6 Å². The van der Waals surface area contributed by atoms with Crippen LogP contribution in [0.3, 0.4) is 0 Å². The minimum absolute atomic E-state index is 0.0216. The van der Waals surface area contributed by atoms with Gasteiger partial charge in [-0.25, -0.2) is 8.42 Å². The maximum absolute atomic E-state index is 11.8. The van der Waals surface area contributed by atoms with E-state index in [4.69, 9.17) is 16.3 Å². The highest BCUT2D eigenvalue weighted by atomic mass is 35.5. The largest absolute Gasteiger partial charge is 0.383 e. The summed E-state index contributed by atoms with van der Waals surface area (Å²) in [6, 6.07) is 0. The van der Waals surface area contributed by atoms with Crippen LogP contribution in [-0.4, -0.2) is 51.1 Å². The molecule has 0 rings (SSSR count). The summed E-state index contributed by atoms with van der Waals surface area (Å²) < 4.78 is 27.8. The van der Waals surface area contributed by atoms with Gasteiger partial charge in [-0.05, 0) is 33.7 Å². The molecule has 0 saturated heterocycles. The van der Waals surface area contributed by atoms with E-state index in [0.717, 1.165) is 6.42 Å². The molecule has 17 heavy (non-hydrogen) atoms. The molecule has 0 aromatic carbocycles. The summed E-state index contributed by atoms with van der Waals surface area (Å²) in [6.45, 7) is 6.85. The second kappa shape index (κ2) is 7.56. The van der Waals surface area contributed by atoms with Gasteiger partial charge < -0.3 is 10.1 Å². The standard InChI is InChI=1S/C11H24ClNO3S/c1-11(2,3)17(14,15)8-7-13-6-5-10(12)9-16-4/h10,13H,5-9H2,1-4H3. The second-order valence-corrected chi connectivity index (χ2v) is 8.50. The Labute approximate surface area is 110 Å². The molecule has 0 aromatic rings. The van der Waals surface area contributed by atoms with Crippen molar-refractivity contribution in [1.29, 1.82) is 0 Å². The lowest BCUT2D eigenvalue weighted by atomic mass is 10.3. The molecule has 104 valence electrons. The van der Waals surface area contributed by atoms with Crippen molar-refractivity contribution in [3.8, 4) is 0 Å². The Hall–Kier alpha value is 0.160. The summed E-state index contributed by atoms with van der Waals surface area (Å²) >= 11 is 5.94. The molecule has 0 fully saturated rings. The Kier molecular flexibility index (Phi) is 7.63. The summed E-state index contributed by atoms with van der Waals surface area (Å²) in [5, 5.41) is 3.06. The molecule has 0 amide bonds. The number of ether oxygens (including phenoxy) is 1. The summed E-state index contributed by atoms with van der Waals surface area (Å²) in [7, 11) is -1.42. The molecule has 1 N–H and O–H groups in total. The number of nitrogens with one attached hydrogen (secondary N) is 1. The normalized spacial score (nSPS) is 14.9. The van der Waals surface area contributed by atoms with Gasteiger partial charge in [0, 0.05) is 13.7 Å². The molecule has 0 aromatic heterocycles. The number of methoxy groups -OCH3 is 1. The Morgan fingerprint density at radius 2 is 1.88 bits per heavy atom. The lowest BCUT2D eigenvalue weighted by molar-refractivity contribution is 0.195. The van der Waals surface area contributed by atoms with Crippen molar-refractivity contribution in [3.63, 3.8) is 0 Å². The number of sulfone groups is 1. The molecule has 0 heterocycles. The Morgan fingerprint density at radius 1 is 1.29 bits per heavy atom. The van der Waals surface area contributed by atoms with Crippen molar-refractivity contribution in [1.82, 2.24) is 5.32 Å². The molecule has 6 heteroatoms. The topological polar surface area (TPSA) is 55.4 Å². The van der Waals surface area contributed by atoms with Crippen LogP contribution in [0.15, 0.2) is 0 Å². The molecule has 0 saturated carbocycles. The van der Waals surface area contributed by atoms with Gasteiger partial charge in [0.15, 0.2) is 9.84 Å². The van der Waals surface area contributed by atoms with Gasteiger partial charge in [0.25, 0.3) is 0 Å². The van der Waals surface area contributed by atoms with Gasteiger partial charge in [0.05, 0.1) is 22.5 Å². The van der Waals surface area contributed by atoms with Crippen LogP contribution >= 0.6 is 11.6 Å². The molecule has 0 spiro atoms. The highest BCUT2D eigenvalue weighted by Crippen LogP contribution is 2.15. The zero-order valence-electron chi connectivity index (χ0n) is 11.1. The summed E-state index contributed by atoms with van der Waals surface area (Å²) in [5.74, 6) is 0.160. The van der Waals surface area contributed by atoms with Crippen LogP contribution in [0.25, 0.3) is 0 Å². The zero-order valence-corrected chi connectivity index (χ0v) is 12.7. The first kappa shape index (κ1) is 17.2. The fraction of sp³-hybridized carbons (Fsp3) is 1.00. The van der Waals surface area contributed by atoms with Gasteiger partial charge >= 0.3 is 0 Å². The molecule has 1 unspecified atom stereocenters. The fourth-order valence-electron chi connectivity index (χ4n) is 1.16. The smallest absolute Gasteiger partial charge is 0.156 e. The highest BCUT2D eigenvalue weighted by Gasteiger charge is 2.27. The molecule has 4 nitrogen and oxygen atoms in total. The third kappa shape index (κ3) is 7.24. The van der Waals surface area contributed by atoms with Crippen molar-refractivity contribution >= 4 is 21.4 Å². The number of hydrogen-bond donors (Lipinski definition) is 1. The molecule has 1 atom stereocenters. The number of hydrogen-bond acceptors (Lipinski definition) is 4. The van der Waals surface area contributed by atoms with Crippen LogP contribution in [-0.2, 0) is 14.6 Å². The molecule has 0 aliphatic rings. The van der Waals surface area contributed by atoms with E-state index in [1.807, 2.05) is 0 Å². The Morgan fingerprint density at radius 3 is 2.35 bits per heavy atom. The van der Waals surface area contributed by atoms with Gasteiger partial charge in [0.2, 0.25) is 0 Å². The quantitative estimate of drug-likeness (QED) is 0.541. The zero-order chi connectivity index (χ0) is 13.5. The highest BCUT2D eigenvalue weighted by molar-refractivity contribution is 7.92. The van der Waals surface area contributed by atoms with Crippen LogP contribution < -0.4 is 5.32 Å². The average Bonchev–Trinajstić information content (AvgIpc) is 2.15. The minimum atomic E-state index is -3.03. The predicted molar refractivity (Wildman–Crippen MR) is 72.5 cm³/mol. The molecular formula is C11H24ClNO3S. The first-order valence-corrected chi connectivity index (χ1v) is 7.85. The van der Waals surface area contributed by atoms with Gasteiger partial charge in [-0.3, -0.25) is 0 Å². The van der Waals surface area contributed by atoms with E-state index in [2.05, 4.69) is 5.32 Å². The summed E-state index contributed by atoms with van der Waals surface area (Å²) in [4.78, 5) is 0. The van der Waals surface area contributed by atoms with Crippen molar-refractivity contribution in [3.05, 3.63) is 0 Å². The van der Waals surface area contributed by atoms with E-state index in [9.17, 15) is 8.42 Å². The number of rotatable bonds is 8. The first-order chi connectivity index (χ1) is 7.70. The lowest BCUT2D eigenvalue weighted by Crippen LogP contribution is -2.35. The number of halogens is 1. The van der Waals surface area contributed by atoms with E-state index >= 15 is 0 Å². The van der Waals surface area contributed by atoms with Gasteiger partial charge in [0.1, 0.15) is 0 Å². The predicted octanol–water partition coefficient (Wildman–Crippen LogP) is 1.43.